The second kappa shape index (κ2) is 10.5. The van der Waals surface area contributed by atoms with E-state index in [1.807, 2.05) is 13.8 Å². The standard InChI is InChI=1S/C19H28FN3O2.ClH/c1-12(2)17(21)19(25)22-11-16(24)23-18(13-5-3-4-6-13)14-7-9-15(20)10-8-14;/h7-10,12-13,17-18H,3-6,11,21H2,1-2H3,(H,22,25)(H,23,24);1H/t17-,18?;/m0./s1. The summed E-state index contributed by atoms with van der Waals surface area (Å²) in [6.45, 7) is 3.60. The monoisotopic (exact) mass is 385 g/mol. The van der Waals surface area contributed by atoms with Crippen molar-refractivity contribution < 1.29 is 14.0 Å². The Morgan fingerprint density at radius 3 is 2.31 bits per heavy atom. The van der Waals surface area contributed by atoms with Gasteiger partial charge in [0, 0.05) is 0 Å². The maximum atomic E-state index is 13.2. The molecule has 0 aromatic heterocycles. The molecule has 1 fully saturated rings. The van der Waals surface area contributed by atoms with Crippen LogP contribution in [-0.4, -0.2) is 24.4 Å². The molecule has 0 saturated heterocycles. The van der Waals surface area contributed by atoms with Gasteiger partial charge in [-0.1, -0.05) is 38.8 Å². The molecule has 0 spiro atoms. The fraction of sp³-hybridized carbons (Fsp3) is 0.579. The van der Waals surface area contributed by atoms with Crippen molar-refractivity contribution in [2.75, 3.05) is 6.54 Å². The lowest BCUT2D eigenvalue weighted by atomic mass is 9.91. The normalized spacial score (nSPS) is 16.7. The average molecular weight is 386 g/mol. The van der Waals surface area contributed by atoms with E-state index in [-0.39, 0.29) is 48.5 Å². The molecule has 0 radical (unpaired) electrons. The summed E-state index contributed by atoms with van der Waals surface area (Å²) in [5, 5.41) is 5.59. The number of amides is 2. The van der Waals surface area contributed by atoms with E-state index in [1.54, 1.807) is 12.1 Å². The maximum Gasteiger partial charge on any atom is 0.239 e. The molecule has 2 rings (SSSR count). The highest BCUT2D eigenvalue weighted by Crippen LogP contribution is 2.35. The lowest BCUT2D eigenvalue weighted by Gasteiger charge is -2.25. The number of carbonyl (C=O) groups is 2. The molecule has 1 aliphatic rings. The van der Waals surface area contributed by atoms with E-state index >= 15 is 0 Å². The van der Waals surface area contributed by atoms with Crippen LogP contribution in [0, 0.1) is 17.7 Å². The zero-order valence-corrected chi connectivity index (χ0v) is 16.2. The van der Waals surface area contributed by atoms with Gasteiger partial charge in [-0.2, -0.15) is 0 Å². The number of hydrogen-bond acceptors (Lipinski definition) is 3. The first kappa shape index (κ1) is 22.4. The van der Waals surface area contributed by atoms with Crippen molar-refractivity contribution in [2.45, 2.75) is 51.6 Å². The highest BCUT2D eigenvalue weighted by molar-refractivity contribution is 5.87. The fourth-order valence-corrected chi connectivity index (χ4v) is 3.25. The van der Waals surface area contributed by atoms with Crippen LogP contribution >= 0.6 is 12.4 Å². The Morgan fingerprint density at radius 2 is 1.77 bits per heavy atom. The molecule has 1 aromatic rings. The van der Waals surface area contributed by atoms with Gasteiger partial charge in [-0.3, -0.25) is 9.59 Å². The van der Waals surface area contributed by atoms with Gasteiger partial charge in [0.25, 0.3) is 0 Å². The minimum Gasteiger partial charge on any atom is -0.347 e. The minimum absolute atomic E-state index is 0. The van der Waals surface area contributed by atoms with Crippen LogP contribution in [0.3, 0.4) is 0 Å². The van der Waals surface area contributed by atoms with Crippen LogP contribution in [0.4, 0.5) is 4.39 Å². The molecule has 5 nitrogen and oxygen atoms in total. The second-order valence-electron chi connectivity index (χ2n) is 7.13. The van der Waals surface area contributed by atoms with Crippen LogP contribution in [0.1, 0.15) is 51.1 Å². The summed E-state index contributed by atoms with van der Waals surface area (Å²) < 4.78 is 13.2. The molecule has 2 atom stereocenters. The van der Waals surface area contributed by atoms with Gasteiger partial charge >= 0.3 is 0 Å². The van der Waals surface area contributed by atoms with Gasteiger partial charge in [-0.05, 0) is 42.4 Å². The number of nitrogens with one attached hydrogen (secondary N) is 2. The smallest absolute Gasteiger partial charge is 0.239 e. The van der Waals surface area contributed by atoms with Gasteiger partial charge in [0.2, 0.25) is 11.8 Å². The minimum atomic E-state index is -0.629. The van der Waals surface area contributed by atoms with Crippen LogP contribution in [0.25, 0.3) is 0 Å². The van der Waals surface area contributed by atoms with E-state index in [9.17, 15) is 14.0 Å². The highest BCUT2D eigenvalue weighted by Gasteiger charge is 2.28. The summed E-state index contributed by atoms with van der Waals surface area (Å²) in [7, 11) is 0. The topological polar surface area (TPSA) is 84.2 Å². The summed E-state index contributed by atoms with van der Waals surface area (Å²) >= 11 is 0. The van der Waals surface area contributed by atoms with Gasteiger partial charge in [-0.15, -0.1) is 12.4 Å². The summed E-state index contributed by atoms with van der Waals surface area (Å²) in [5.41, 5.74) is 6.67. The van der Waals surface area contributed by atoms with Gasteiger partial charge in [0.1, 0.15) is 5.82 Å². The Kier molecular flexibility index (Phi) is 9.02. The molecular formula is C19H29ClFN3O2. The summed E-state index contributed by atoms with van der Waals surface area (Å²) in [6, 6.07) is 5.46. The van der Waals surface area contributed by atoms with Crippen molar-refractivity contribution in [1.29, 1.82) is 0 Å². The molecule has 146 valence electrons. The average Bonchev–Trinajstić information content (AvgIpc) is 3.12. The number of rotatable bonds is 7. The number of halogens is 2. The van der Waals surface area contributed by atoms with E-state index in [1.165, 1.54) is 12.1 Å². The Hall–Kier alpha value is -1.66. The first-order valence-corrected chi connectivity index (χ1v) is 8.96. The number of benzene rings is 1. The van der Waals surface area contributed by atoms with Crippen molar-refractivity contribution in [3.05, 3.63) is 35.6 Å². The van der Waals surface area contributed by atoms with Gasteiger partial charge in [-0.25, -0.2) is 4.39 Å². The third-order valence-electron chi connectivity index (χ3n) is 4.86. The van der Waals surface area contributed by atoms with E-state index in [0.717, 1.165) is 31.2 Å². The first-order chi connectivity index (χ1) is 11.9. The van der Waals surface area contributed by atoms with Crippen molar-refractivity contribution in [3.8, 4) is 0 Å². The van der Waals surface area contributed by atoms with Crippen LogP contribution in [0.2, 0.25) is 0 Å². The largest absolute Gasteiger partial charge is 0.347 e. The Balaban J connectivity index is 0.00000338. The van der Waals surface area contributed by atoms with E-state index in [2.05, 4.69) is 10.6 Å². The Morgan fingerprint density at radius 1 is 1.19 bits per heavy atom. The maximum absolute atomic E-state index is 13.2. The molecule has 1 aromatic carbocycles. The Bertz CT molecular complexity index is 589. The molecular weight excluding hydrogens is 357 g/mol. The summed E-state index contributed by atoms with van der Waals surface area (Å²) in [6.07, 6.45) is 4.34. The first-order valence-electron chi connectivity index (χ1n) is 8.96. The lowest BCUT2D eigenvalue weighted by Crippen LogP contribution is -2.47. The van der Waals surface area contributed by atoms with Gasteiger partial charge < -0.3 is 16.4 Å². The zero-order chi connectivity index (χ0) is 18.4. The fourth-order valence-electron chi connectivity index (χ4n) is 3.25. The zero-order valence-electron chi connectivity index (χ0n) is 15.3. The summed E-state index contributed by atoms with van der Waals surface area (Å²) in [4.78, 5) is 24.2. The summed E-state index contributed by atoms with van der Waals surface area (Å²) in [5.74, 6) is -0.540. The predicted molar refractivity (Wildman–Crippen MR) is 102 cm³/mol. The molecule has 7 heteroatoms. The van der Waals surface area contributed by atoms with E-state index < -0.39 is 6.04 Å². The molecule has 1 unspecified atom stereocenters. The molecule has 0 heterocycles. The van der Waals surface area contributed by atoms with Crippen molar-refractivity contribution in [2.24, 2.45) is 17.6 Å². The lowest BCUT2D eigenvalue weighted by molar-refractivity contribution is -0.127. The van der Waals surface area contributed by atoms with Crippen LogP contribution in [0.15, 0.2) is 24.3 Å². The van der Waals surface area contributed by atoms with Crippen LogP contribution in [-0.2, 0) is 9.59 Å². The molecule has 4 N–H and O–H groups in total. The molecule has 26 heavy (non-hydrogen) atoms. The van der Waals surface area contributed by atoms with Crippen LogP contribution < -0.4 is 16.4 Å². The van der Waals surface area contributed by atoms with Gasteiger partial charge in [0.05, 0.1) is 18.6 Å². The molecule has 2 amide bonds. The second-order valence-corrected chi connectivity index (χ2v) is 7.13. The third kappa shape index (κ3) is 6.25. The quantitative estimate of drug-likeness (QED) is 0.674. The molecule has 1 saturated carbocycles. The number of hydrogen-bond donors (Lipinski definition) is 3. The number of carbonyl (C=O) groups excluding carboxylic acids is 2. The number of nitrogens with two attached hydrogens (primary N) is 1. The van der Waals surface area contributed by atoms with E-state index in [0.29, 0.717) is 5.92 Å². The van der Waals surface area contributed by atoms with Crippen molar-refractivity contribution >= 4 is 24.2 Å². The van der Waals surface area contributed by atoms with Crippen molar-refractivity contribution in [1.82, 2.24) is 10.6 Å². The molecule has 1 aliphatic carbocycles. The van der Waals surface area contributed by atoms with Gasteiger partial charge in [0.15, 0.2) is 0 Å². The van der Waals surface area contributed by atoms with Crippen LogP contribution in [0.5, 0.6) is 0 Å². The Labute approximate surface area is 160 Å². The van der Waals surface area contributed by atoms with E-state index in [4.69, 9.17) is 5.73 Å². The highest BCUT2D eigenvalue weighted by atomic mass is 35.5. The molecule has 0 aliphatic heterocycles. The predicted octanol–water partition coefficient (Wildman–Crippen LogP) is 2.69. The third-order valence-corrected chi connectivity index (χ3v) is 4.86. The SMILES string of the molecule is CC(C)[C@H](N)C(=O)NCC(=O)NC(c1ccc(F)cc1)C1CCCC1.Cl. The molecule has 0 bridgehead atoms. The van der Waals surface area contributed by atoms with Crippen molar-refractivity contribution in [3.63, 3.8) is 0 Å².